The van der Waals surface area contributed by atoms with E-state index in [2.05, 4.69) is 20.2 Å². The Bertz CT molecular complexity index is 695. The summed E-state index contributed by atoms with van der Waals surface area (Å²) >= 11 is 1.66. The molecule has 2 heterocycles. The highest BCUT2D eigenvalue weighted by atomic mass is 32.1. The first-order chi connectivity index (χ1) is 11.5. The molecule has 1 amide bonds. The minimum Gasteiger partial charge on any atom is -0.368 e. The molecule has 0 radical (unpaired) electrons. The van der Waals surface area contributed by atoms with Crippen molar-refractivity contribution < 1.29 is 9.18 Å². The predicted octanol–water partition coefficient (Wildman–Crippen LogP) is 1.93. The Morgan fingerprint density at radius 3 is 2.50 bits per heavy atom. The molecule has 1 aromatic heterocycles. The maximum atomic E-state index is 13.1. The van der Waals surface area contributed by atoms with E-state index >= 15 is 0 Å². The number of aryl methyl sites for hydroxylation is 1. The Balaban J connectivity index is 1.63. The van der Waals surface area contributed by atoms with Crippen LogP contribution in [-0.4, -0.2) is 46.9 Å². The highest BCUT2D eigenvalue weighted by Gasteiger charge is 2.29. The molecule has 24 heavy (non-hydrogen) atoms. The van der Waals surface area contributed by atoms with Crippen LogP contribution >= 0.6 is 11.3 Å². The average Bonchev–Trinajstić information content (AvgIpc) is 2.96. The van der Waals surface area contributed by atoms with Gasteiger partial charge in [-0.3, -0.25) is 14.6 Å². The van der Waals surface area contributed by atoms with Crippen molar-refractivity contribution in [3.63, 3.8) is 0 Å². The first kappa shape index (κ1) is 17.0. The van der Waals surface area contributed by atoms with Crippen molar-refractivity contribution in [3.8, 4) is 0 Å². The van der Waals surface area contributed by atoms with E-state index in [1.54, 1.807) is 23.5 Å². The van der Waals surface area contributed by atoms with Crippen molar-refractivity contribution in [1.82, 2.24) is 14.8 Å². The quantitative estimate of drug-likeness (QED) is 0.897. The summed E-state index contributed by atoms with van der Waals surface area (Å²) in [6, 6.07) is 5.50. The topological polar surface area (TPSA) is 62.5 Å². The Morgan fingerprint density at radius 1 is 1.29 bits per heavy atom. The number of amides is 1. The molecule has 2 aromatic rings. The highest BCUT2D eigenvalue weighted by Crippen LogP contribution is 2.23. The summed E-state index contributed by atoms with van der Waals surface area (Å²) in [5, 5.41) is 3.17. The van der Waals surface area contributed by atoms with Crippen LogP contribution in [0.25, 0.3) is 0 Å². The number of halogens is 1. The van der Waals surface area contributed by atoms with Crippen LogP contribution in [-0.2, 0) is 11.3 Å². The fourth-order valence-corrected chi connectivity index (χ4v) is 3.69. The maximum Gasteiger partial charge on any atom is 0.239 e. The minimum atomic E-state index is -0.505. The van der Waals surface area contributed by atoms with Gasteiger partial charge >= 0.3 is 0 Å². The van der Waals surface area contributed by atoms with Gasteiger partial charge in [0.1, 0.15) is 11.9 Å². The van der Waals surface area contributed by atoms with Crippen LogP contribution in [0.3, 0.4) is 0 Å². The summed E-state index contributed by atoms with van der Waals surface area (Å²) in [5.74, 6) is -0.712. The van der Waals surface area contributed by atoms with Crippen LogP contribution in [0.5, 0.6) is 0 Å². The number of piperazine rings is 1. The molecule has 3 rings (SSSR count). The fourth-order valence-electron chi connectivity index (χ4n) is 3.09. The van der Waals surface area contributed by atoms with Gasteiger partial charge in [-0.2, -0.15) is 0 Å². The third-order valence-electron chi connectivity index (χ3n) is 4.28. The van der Waals surface area contributed by atoms with E-state index in [0.717, 1.165) is 49.0 Å². The minimum absolute atomic E-state index is 0.314. The molecular weight excluding hydrogens is 327 g/mol. The number of thiazole rings is 1. The molecule has 0 bridgehead atoms. The number of hydrogen-bond acceptors (Lipinski definition) is 5. The van der Waals surface area contributed by atoms with Crippen LogP contribution in [0.15, 0.2) is 29.6 Å². The third-order valence-corrected chi connectivity index (χ3v) is 5.10. The molecule has 1 fully saturated rings. The summed E-state index contributed by atoms with van der Waals surface area (Å²) in [7, 11) is 0. The Kier molecular flexibility index (Phi) is 5.23. The Labute approximate surface area is 144 Å². The Morgan fingerprint density at radius 2 is 1.96 bits per heavy atom. The number of benzene rings is 1. The average molecular weight is 348 g/mol. The smallest absolute Gasteiger partial charge is 0.239 e. The number of nitrogens with two attached hydrogens (primary N) is 1. The molecule has 1 saturated heterocycles. The van der Waals surface area contributed by atoms with Crippen LogP contribution in [0, 0.1) is 12.7 Å². The van der Waals surface area contributed by atoms with Gasteiger partial charge in [-0.25, -0.2) is 9.37 Å². The summed E-state index contributed by atoms with van der Waals surface area (Å²) < 4.78 is 13.1. The molecule has 0 saturated carbocycles. The molecule has 1 aliphatic rings. The van der Waals surface area contributed by atoms with Crippen molar-refractivity contribution >= 4 is 17.2 Å². The van der Waals surface area contributed by atoms with E-state index in [0.29, 0.717) is 0 Å². The van der Waals surface area contributed by atoms with Crippen LogP contribution in [0.4, 0.5) is 4.39 Å². The Hall–Kier alpha value is -1.83. The van der Waals surface area contributed by atoms with Crippen molar-refractivity contribution in [2.24, 2.45) is 5.73 Å². The molecule has 0 aliphatic carbocycles. The lowest BCUT2D eigenvalue weighted by Gasteiger charge is -2.38. The van der Waals surface area contributed by atoms with Gasteiger partial charge < -0.3 is 5.73 Å². The van der Waals surface area contributed by atoms with Gasteiger partial charge in [0.2, 0.25) is 5.91 Å². The second-order valence-corrected chi connectivity index (χ2v) is 7.09. The predicted molar refractivity (Wildman–Crippen MR) is 92.0 cm³/mol. The SMILES string of the molecule is Cc1nc(CN2CCN([C@H](C(N)=O)c3ccc(F)cc3)CC2)cs1. The third kappa shape index (κ3) is 3.98. The number of nitrogens with zero attached hydrogens (tertiary/aromatic N) is 3. The molecule has 128 valence electrons. The van der Waals surface area contributed by atoms with Gasteiger partial charge in [-0.15, -0.1) is 11.3 Å². The number of aromatic nitrogens is 1. The van der Waals surface area contributed by atoms with Crippen LogP contribution < -0.4 is 5.73 Å². The second-order valence-electron chi connectivity index (χ2n) is 6.03. The maximum absolute atomic E-state index is 13.1. The van der Waals surface area contributed by atoms with Gasteiger partial charge in [0.25, 0.3) is 0 Å². The molecular formula is C17H21FN4OS. The standard InChI is InChI=1S/C17H21FN4OS/c1-12-20-15(11-24-12)10-21-6-8-22(9-7-21)16(17(19)23)13-2-4-14(18)5-3-13/h2-5,11,16H,6-10H2,1H3,(H2,19,23)/t16-/m0/s1. The zero-order valence-electron chi connectivity index (χ0n) is 13.6. The summed E-state index contributed by atoms with van der Waals surface area (Å²) in [6.07, 6.45) is 0. The van der Waals surface area contributed by atoms with E-state index in [4.69, 9.17) is 5.73 Å². The van der Waals surface area contributed by atoms with Crippen molar-refractivity contribution in [1.29, 1.82) is 0 Å². The van der Waals surface area contributed by atoms with Crippen LogP contribution in [0.2, 0.25) is 0 Å². The molecule has 1 aromatic carbocycles. The van der Waals surface area contributed by atoms with E-state index in [1.807, 2.05) is 6.92 Å². The number of rotatable bonds is 5. The van der Waals surface area contributed by atoms with Gasteiger partial charge in [-0.1, -0.05) is 12.1 Å². The number of hydrogen-bond donors (Lipinski definition) is 1. The van der Waals surface area contributed by atoms with E-state index in [1.165, 1.54) is 12.1 Å². The fraction of sp³-hybridized carbons (Fsp3) is 0.412. The van der Waals surface area contributed by atoms with E-state index < -0.39 is 11.9 Å². The van der Waals surface area contributed by atoms with Gasteiger partial charge in [0.05, 0.1) is 10.7 Å². The first-order valence-electron chi connectivity index (χ1n) is 7.95. The van der Waals surface area contributed by atoms with E-state index in [9.17, 15) is 9.18 Å². The van der Waals surface area contributed by atoms with Crippen molar-refractivity contribution in [2.45, 2.75) is 19.5 Å². The molecule has 1 atom stereocenters. The first-order valence-corrected chi connectivity index (χ1v) is 8.83. The molecule has 2 N–H and O–H groups in total. The normalized spacial score (nSPS) is 17.8. The van der Waals surface area contributed by atoms with E-state index in [-0.39, 0.29) is 5.82 Å². The zero-order chi connectivity index (χ0) is 17.1. The molecule has 7 heteroatoms. The second kappa shape index (κ2) is 7.38. The summed E-state index contributed by atoms with van der Waals surface area (Å²) in [4.78, 5) is 20.8. The molecule has 5 nitrogen and oxygen atoms in total. The summed E-state index contributed by atoms with van der Waals surface area (Å²) in [6.45, 7) is 6.02. The molecule has 0 unspecified atom stereocenters. The highest BCUT2D eigenvalue weighted by molar-refractivity contribution is 7.09. The number of carbonyl (C=O) groups is 1. The largest absolute Gasteiger partial charge is 0.368 e. The van der Waals surface area contributed by atoms with Crippen LogP contribution in [0.1, 0.15) is 22.3 Å². The van der Waals surface area contributed by atoms with Crippen molar-refractivity contribution in [3.05, 3.63) is 51.7 Å². The van der Waals surface area contributed by atoms with Gasteiger partial charge in [0.15, 0.2) is 0 Å². The molecule has 1 aliphatic heterocycles. The lowest BCUT2D eigenvalue weighted by molar-refractivity contribution is -0.124. The van der Waals surface area contributed by atoms with Gasteiger partial charge in [-0.05, 0) is 24.6 Å². The van der Waals surface area contributed by atoms with Gasteiger partial charge in [0, 0.05) is 38.1 Å². The lowest BCUT2D eigenvalue weighted by Crippen LogP contribution is -2.50. The summed E-state index contributed by atoms with van der Waals surface area (Å²) in [5.41, 5.74) is 7.44. The molecule has 0 spiro atoms. The number of primary amides is 1. The zero-order valence-corrected chi connectivity index (χ0v) is 14.4. The van der Waals surface area contributed by atoms with Crippen molar-refractivity contribution in [2.75, 3.05) is 26.2 Å². The lowest BCUT2D eigenvalue weighted by atomic mass is 10.0. The monoisotopic (exact) mass is 348 g/mol. The number of carbonyl (C=O) groups excluding carboxylic acids is 1.